The van der Waals surface area contributed by atoms with Gasteiger partial charge in [-0.15, -0.1) is 0 Å². The number of rotatable bonds is 5. The molecule has 0 aliphatic carbocycles. The zero-order valence-corrected chi connectivity index (χ0v) is 20.5. The third kappa shape index (κ3) is 5.26. The van der Waals surface area contributed by atoms with Gasteiger partial charge in [-0.05, 0) is 50.5 Å². The van der Waals surface area contributed by atoms with E-state index in [-0.39, 0.29) is 29.0 Å². The number of benzene rings is 1. The van der Waals surface area contributed by atoms with Crippen molar-refractivity contribution < 1.29 is 9.59 Å². The molecular weight excluding hydrogens is 426 g/mol. The van der Waals surface area contributed by atoms with Crippen molar-refractivity contribution in [3.8, 4) is 0 Å². The van der Waals surface area contributed by atoms with Crippen LogP contribution >= 0.6 is 0 Å². The van der Waals surface area contributed by atoms with E-state index in [9.17, 15) is 14.4 Å². The van der Waals surface area contributed by atoms with Crippen molar-refractivity contribution in [3.05, 3.63) is 69.6 Å². The second kappa shape index (κ2) is 11.0. The first-order valence-corrected chi connectivity index (χ1v) is 12.9. The van der Waals surface area contributed by atoms with Crippen molar-refractivity contribution in [2.24, 2.45) is 0 Å². The predicted molar refractivity (Wildman–Crippen MR) is 134 cm³/mol. The molecule has 0 bridgehead atoms. The van der Waals surface area contributed by atoms with E-state index in [0.717, 1.165) is 44.9 Å². The second-order valence-corrected chi connectivity index (χ2v) is 9.80. The number of piperidine rings is 1. The van der Waals surface area contributed by atoms with Crippen LogP contribution in [0.3, 0.4) is 0 Å². The molecule has 6 heteroatoms. The van der Waals surface area contributed by atoms with Crippen molar-refractivity contribution >= 4 is 11.8 Å². The maximum absolute atomic E-state index is 13.5. The molecule has 182 valence electrons. The average Bonchev–Trinajstić information content (AvgIpc) is 3.18. The van der Waals surface area contributed by atoms with Crippen LogP contribution in [0, 0.1) is 0 Å². The number of amides is 2. The van der Waals surface area contributed by atoms with Crippen molar-refractivity contribution in [3.63, 3.8) is 0 Å². The Bertz CT molecular complexity index is 1050. The summed E-state index contributed by atoms with van der Waals surface area (Å²) in [5.41, 5.74) is 1.13. The molecule has 0 radical (unpaired) electrons. The summed E-state index contributed by atoms with van der Waals surface area (Å²) in [4.78, 5) is 43.9. The van der Waals surface area contributed by atoms with Gasteiger partial charge in [-0.25, -0.2) is 0 Å². The molecule has 2 saturated heterocycles. The van der Waals surface area contributed by atoms with E-state index < -0.39 is 5.43 Å². The first-order valence-electron chi connectivity index (χ1n) is 12.9. The van der Waals surface area contributed by atoms with Crippen molar-refractivity contribution in [1.82, 2.24) is 14.4 Å². The Balaban J connectivity index is 1.59. The quantitative estimate of drug-likeness (QED) is 0.636. The SMILES string of the molecule is CC[C@H](C)n1cc(C(=O)N2CCCCCC2)c(=O)c(C(=O)N2CCC(c3ccccc3)CC2)c1. The molecule has 2 aliphatic heterocycles. The highest BCUT2D eigenvalue weighted by atomic mass is 16.2. The summed E-state index contributed by atoms with van der Waals surface area (Å²) in [5.74, 6) is -0.0570. The molecule has 2 amide bonds. The van der Waals surface area contributed by atoms with Gasteiger partial charge in [0.05, 0.1) is 0 Å². The van der Waals surface area contributed by atoms with Crippen LogP contribution in [-0.4, -0.2) is 52.4 Å². The summed E-state index contributed by atoms with van der Waals surface area (Å²) in [6.07, 6.45) is 10.1. The van der Waals surface area contributed by atoms with Crippen LogP contribution in [0.4, 0.5) is 0 Å². The monoisotopic (exact) mass is 463 g/mol. The number of carbonyl (C=O) groups excluding carboxylic acids is 2. The minimum atomic E-state index is -0.427. The minimum absolute atomic E-state index is 0.0895. The van der Waals surface area contributed by atoms with Crippen LogP contribution in [-0.2, 0) is 0 Å². The summed E-state index contributed by atoms with van der Waals surface area (Å²) >= 11 is 0. The lowest BCUT2D eigenvalue weighted by atomic mass is 9.89. The van der Waals surface area contributed by atoms with Gasteiger partial charge in [0, 0.05) is 44.6 Å². The smallest absolute Gasteiger partial charge is 0.259 e. The van der Waals surface area contributed by atoms with Crippen molar-refractivity contribution in [1.29, 1.82) is 0 Å². The molecule has 0 N–H and O–H groups in total. The fourth-order valence-electron chi connectivity index (χ4n) is 5.12. The van der Waals surface area contributed by atoms with E-state index in [1.165, 1.54) is 5.56 Å². The first-order chi connectivity index (χ1) is 16.5. The van der Waals surface area contributed by atoms with Gasteiger partial charge in [0.2, 0.25) is 5.43 Å². The van der Waals surface area contributed by atoms with Gasteiger partial charge in [-0.3, -0.25) is 14.4 Å². The standard InChI is InChI=1S/C28H37N3O3/c1-3-21(2)31-19-24(27(33)29-15-9-4-5-10-16-29)26(32)25(20-31)28(34)30-17-13-23(14-18-30)22-11-7-6-8-12-22/h6-8,11-12,19-21,23H,3-5,9-10,13-18H2,1-2H3/t21-/m0/s1. The number of hydrogen-bond acceptors (Lipinski definition) is 3. The molecule has 0 unspecified atom stereocenters. The fraction of sp³-hybridized carbons (Fsp3) is 0.536. The van der Waals surface area contributed by atoms with Crippen molar-refractivity contribution in [2.45, 2.75) is 70.8 Å². The highest BCUT2D eigenvalue weighted by molar-refractivity contribution is 5.99. The van der Waals surface area contributed by atoms with Gasteiger partial charge in [0.15, 0.2) is 0 Å². The lowest BCUT2D eigenvalue weighted by molar-refractivity contribution is 0.0710. The van der Waals surface area contributed by atoms with E-state index in [1.54, 1.807) is 22.2 Å². The highest BCUT2D eigenvalue weighted by Gasteiger charge is 2.29. The topological polar surface area (TPSA) is 62.6 Å². The Morgan fingerprint density at radius 1 is 0.853 bits per heavy atom. The molecular formula is C28H37N3O3. The van der Waals surface area contributed by atoms with Crippen LogP contribution in [0.1, 0.15) is 97.0 Å². The third-order valence-corrected chi connectivity index (χ3v) is 7.55. The van der Waals surface area contributed by atoms with Crippen molar-refractivity contribution in [2.75, 3.05) is 26.2 Å². The van der Waals surface area contributed by atoms with E-state index in [2.05, 4.69) is 31.2 Å². The Kier molecular flexibility index (Phi) is 7.86. The summed E-state index contributed by atoms with van der Waals surface area (Å²) in [6.45, 7) is 6.69. The molecule has 3 heterocycles. The second-order valence-electron chi connectivity index (χ2n) is 9.80. The highest BCUT2D eigenvalue weighted by Crippen LogP contribution is 2.28. The minimum Gasteiger partial charge on any atom is -0.350 e. The molecule has 2 fully saturated rings. The summed E-state index contributed by atoms with van der Waals surface area (Å²) in [7, 11) is 0. The predicted octanol–water partition coefficient (Wildman–Crippen LogP) is 4.86. The molecule has 34 heavy (non-hydrogen) atoms. The van der Waals surface area contributed by atoms with E-state index in [0.29, 0.717) is 32.1 Å². The Hall–Kier alpha value is -2.89. The van der Waals surface area contributed by atoms with Crippen LogP contribution in [0.25, 0.3) is 0 Å². The fourth-order valence-corrected chi connectivity index (χ4v) is 5.12. The van der Waals surface area contributed by atoms with Gasteiger partial charge in [0.25, 0.3) is 11.8 Å². The summed E-state index contributed by atoms with van der Waals surface area (Å²) < 4.78 is 1.89. The van der Waals surface area contributed by atoms with Gasteiger partial charge < -0.3 is 14.4 Å². The Morgan fingerprint density at radius 3 is 1.91 bits per heavy atom. The average molecular weight is 464 g/mol. The molecule has 1 atom stereocenters. The normalized spacial score (nSPS) is 18.4. The molecule has 1 aromatic heterocycles. The molecule has 4 rings (SSSR count). The number of nitrogens with zero attached hydrogens (tertiary/aromatic N) is 3. The third-order valence-electron chi connectivity index (χ3n) is 7.55. The van der Waals surface area contributed by atoms with Crippen LogP contribution in [0.2, 0.25) is 0 Å². The zero-order chi connectivity index (χ0) is 24.1. The maximum Gasteiger partial charge on any atom is 0.259 e. The number of likely N-dealkylation sites (tertiary alicyclic amines) is 2. The maximum atomic E-state index is 13.5. The van der Waals surface area contributed by atoms with Crippen LogP contribution < -0.4 is 5.43 Å². The first kappa shape index (κ1) is 24.2. The van der Waals surface area contributed by atoms with E-state index in [4.69, 9.17) is 0 Å². The largest absolute Gasteiger partial charge is 0.350 e. The zero-order valence-electron chi connectivity index (χ0n) is 20.5. The van der Waals surface area contributed by atoms with E-state index in [1.807, 2.05) is 17.6 Å². The number of aromatic nitrogens is 1. The Labute approximate surface area is 202 Å². The van der Waals surface area contributed by atoms with Crippen LogP contribution in [0.5, 0.6) is 0 Å². The molecule has 0 spiro atoms. The molecule has 1 aromatic carbocycles. The van der Waals surface area contributed by atoms with E-state index >= 15 is 0 Å². The van der Waals surface area contributed by atoms with Gasteiger partial charge in [-0.2, -0.15) is 0 Å². The Morgan fingerprint density at radius 2 is 1.38 bits per heavy atom. The lowest BCUT2D eigenvalue weighted by Gasteiger charge is -2.32. The number of hydrogen-bond donors (Lipinski definition) is 0. The molecule has 6 nitrogen and oxygen atoms in total. The summed E-state index contributed by atoms with van der Waals surface area (Å²) in [5, 5.41) is 0. The number of pyridine rings is 1. The molecule has 2 aromatic rings. The van der Waals surface area contributed by atoms with Crippen LogP contribution in [0.15, 0.2) is 47.5 Å². The lowest BCUT2D eigenvalue weighted by Crippen LogP contribution is -2.42. The van der Waals surface area contributed by atoms with Gasteiger partial charge >= 0.3 is 0 Å². The molecule has 0 saturated carbocycles. The van der Waals surface area contributed by atoms with Gasteiger partial charge in [0.1, 0.15) is 11.1 Å². The number of carbonyl (C=O) groups is 2. The van der Waals surface area contributed by atoms with Gasteiger partial charge in [-0.1, -0.05) is 50.1 Å². The molecule has 2 aliphatic rings. The summed E-state index contributed by atoms with van der Waals surface area (Å²) in [6, 6.07) is 10.5.